The van der Waals surface area contributed by atoms with Crippen LogP contribution < -0.4 is 26.7 Å². The van der Waals surface area contributed by atoms with Crippen molar-refractivity contribution in [2.75, 3.05) is 18.5 Å². The van der Waals surface area contributed by atoms with Crippen molar-refractivity contribution in [2.45, 2.75) is 13.3 Å². The van der Waals surface area contributed by atoms with Gasteiger partial charge in [-0.05, 0) is 19.1 Å². The zero-order valence-electron chi connectivity index (χ0n) is 14.7. The largest absolute Gasteiger partial charge is 0.487 e. The van der Waals surface area contributed by atoms with Crippen LogP contribution in [0.3, 0.4) is 0 Å². The molecule has 13 nitrogen and oxygen atoms in total. The monoisotopic (exact) mass is 391 g/mol. The minimum absolute atomic E-state index is 0.0407. The lowest BCUT2D eigenvalue weighted by Gasteiger charge is -2.04. The number of rotatable bonds is 9. The van der Waals surface area contributed by atoms with Crippen LogP contribution in [0, 0.1) is 10.1 Å². The Morgan fingerprint density at radius 1 is 1.43 bits per heavy atom. The number of nitrogens with one attached hydrogen (secondary N) is 4. The lowest BCUT2D eigenvalue weighted by atomic mass is 10.2. The van der Waals surface area contributed by atoms with Crippen molar-refractivity contribution in [1.82, 2.24) is 20.6 Å². The normalized spacial score (nSPS) is 10.6. The highest BCUT2D eigenvalue weighted by molar-refractivity contribution is 5.83. The third kappa shape index (κ3) is 5.76. The second kappa shape index (κ2) is 9.61. The molecular weight excluding hydrogens is 374 g/mol. The minimum Gasteiger partial charge on any atom is -0.487 e. The Labute approximate surface area is 157 Å². The van der Waals surface area contributed by atoms with Gasteiger partial charge in [-0.15, -0.1) is 5.10 Å². The summed E-state index contributed by atoms with van der Waals surface area (Å²) in [5, 5.41) is 22.9. The highest BCUT2D eigenvalue weighted by Gasteiger charge is 2.15. The van der Waals surface area contributed by atoms with Crippen molar-refractivity contribution in [1.29, 1.82) is 0 Å². The number of hydrogen-bond acceptors (Lipinski definition) is 9. The topological polar surface area (TPSA) is 184 Å². The molecule has 0 aliphatic heterocycles. The summed E-state index contributed by atoms with van der Waals surface area (Å²) in [6, 6.07) is 4.28. The average Bonchev–Trinajstić information content (AvgIpc) is 2.64. The van der Waals surface area contributed by atoms with Crippen LogP contribution in [0.2, 0.25) is 0 Å². The van der Waals surface area contributed by atoms with E-state index in [0.717, 1.165) is 0 Å². The number of carbonyl (C=O) groups excluding carboxylic acids is 1. The summed E-state index contributed by atoms with van der Waals surface area (Å²) in [6.07, 6.45) is 1.21. The van der Waals surface area contributed by atoms with Gasteiger partial charge in [0.05, 0.1) is 17.7 Å². The van der Waals surface area contributed by atoms with E-state index in [9.17, 15) is 24.5 Å². The van der Waals surface area contributed by atoms with Gasteiger partial charge in [-0.2, -0.15) is 5.10 Å². The van der Waals surface area contributed by atoms with Crippen LogP contribution in [0.4, 0.5) is 11.5 Å². The van der Waals surface area contributed by atoms with Crippen LogP contribution in [-0.2, 0) is 4.79 Å². The van der Waals surface area contributed by atoms with E-state index in [0.29, 0.717) is 12.2 Å². The first kappa shape index (κ1) is 20.3. The number of hydrazone groups is 1. The number of nitrogens with zero attached hydrogens (tertiary/aromatic N) is 3. The van der Waals surface area contributed by atoms with Crippen LogP contribution in [0.15, 0.2) is 32.9 Å². The molecule has 2 rings (SSSR count). The molecule has 1 amide bonds. The average molecular weight is 391 g/mol. The molecular formula is C15H17N7O6. The van der Waals surface area contributed by atoms with Gasteiger partial charge in [-0.1, -0.05) is 0 Å². The molecule has 1 heterocycles. The van der Waals surface area contributed by atoms with E-state index in [-0.39, 0.29) is 30.2 Å². The highest BCUT2D eigenvalue weighted by atomic mass is 16.6. The van der Waals surface area contributed by atoms with Crippen molar-refractivity contribution >= 4 is 23.6 Å². The molecule has 148 valence electrons. The number of aromatic amines is 2. The third-order valence-corrected chi connectivity index (χ3v) is 3.24. The number of ether oxygens (including phenoxy) is 1. The van der Waals surface area contributed by atoms with E-state index in [1.54, 1.807) is 13.0 Å². The van der Waals surface area contributed by atoms with E-state index in [4.69, 9.17) is 4.74 Å². The Morgan fingerprint density at radius 2 is 2.21 bits per heavy atom. The summed E-state index contributed by atoms with van der Waals surface area (Å²) < 4.78 is 5.18. The van der Waals surface area contributed by atoms with Crippen LogP contribution in [0.5, 0.6) is 5.75 Å². The molecule has 0 saturated heterocycles. The summed E-state index contributed by atoms with van der Waals surface area (Å²) in [4.78, 5) is 46.4. The first-order valence-electron chi connectivity index (χ1n) is 8.06. The van der Waals surface area contributed by atoms with Gasteiger partial charge in [0.2, 0.25) is 11.7 Å². The zero-order chi connectivity index (χ0) is 20.5. The van der Waals surface area contributed by atoms with Gasteiger partial charge in [0.1, 0.15) is 0 Å². The third-order valence-electron chi connectivity index (χ3n) is 3.24. The molecule has 4 N–H and O–H groups in total. The number of benzene rings is 1. The number of hydrogen-bond donors (Lipinski definition) is 4. The first-order valence-corrected chi connectivity index (χ1v) is 8.06. The fraction of sp³-hybridized carbons (Fsp3) is 0.267. The van der Waals surface area contributed by atoms with Crippen molar-refractivity contribution in [3.05, 3.63) is 54.7 Å². The van der Waals surface area contributed by atoms with Gasteiger partial charge < -0.3 is 10.1 Å². The maximum absolute atomic E-state index is 11.7. The van der Waals surface area contributed by atoms with Gasteiger partial charge >= 0.3 is 11.4 Å². The Hall–Kier alpha value is -4.03. The standard InChI is InChI=1S/C15H17N7O6/c1-2-28-11-4-3-9(7-10(11)22(26)27)8-17-19-12(23)5-6-16-13-14(24)18-15(25)21-20-13/h3-4,7-8H,2,5-6H2,1H3,(H,16,20)(H,19,23)(H2,18,21,24,25)/b17-8+. The molecule has 0 saturated carbocycles. The second-order valence-corrected chi connectivity index (χ2v) is 5.24. The predicted molar refractivity (Wildman–Crippen MR) is 98.6 cm³/mol. The molecule has 0 spiro atoms. The van der Waals surface area contributed by atoms with Crippen molar-refractivity contribution in [3.8, 4) is 5.75 Å². The molecule has 28 heavy (non-hydrogen) atoms. The van der Waals surface area contributed by atoms with Crippen LogP contribution in [-0.4, -0.2) is 45.4 Å². The van der Waals surface area contributed by atoms with E-state index in [1.807, 2.05) is 4.98 Å². The first-order chi connectivity index (χ1) is 13.4. The zero-order valence-corrected chi connectivity index (χ0v) is 14.7. The number of H-pyrrole nitrogens is 2. The van der Waals surface area contributed by atoms with Crippen molar-refractivity contribution < 1.29 is 14.5 Å². The molecule has 2 aromatic rings. The quantitative estimate of drug-likeness (QED) is 0.255. The molecule has 0 bridgehead atoms. The van der Waals surface area contributed by atoms with E-state index in [1.165, 1.54) is 18.3 Å². The summed E-state index contributed by atoms with van der Waals surface area (Å²) >= 11 is 0. The minimum atomic E-state index is -0.739. The lowest BCUT2D eigenvalue weighted by molar-refractivity contribution is -0.385. The van der Waals surface area contributed by atoms with Gasteiger partial charge in [-0.3, -0.25) is 24.7 Å². The van der Waals surface area contributed by atoms with E-state index >= 15 is 0 Å². The van der Waals surface area contributed by atoms with E-state index in [2.05, 4.69) is 26.0 Å². The molecule has 1 aromatic carbocycles. The number of amides is 1. The summed E-state index contributed by atoms with van der Waals surface area (Å²) in [5.41, 5.74) is 0.999. The molecule has 0 unspecified atom stereocenters. The maximum Gasteiger partial charge on any atom is 0.342 e. The molecule has 0 atom stereocenters. The lowest BCUT2D eigenvalue weighted by Crippen LogP contribution is -2.28. The fourth-order valence-electron chi connectivity index (χ4n) is 2.03. The Bertz CT molecular complexity index is 997. The second-order valence-electron chi connectivity index (χ2n) is 5.24. The van der Waals surface area contributed by atoms with Gasteiger partial charge in [0.25, 0.3) is 5.56 Å². The molecule has 0 radical (unpaired) electrons. The Morgan fingerprint density at radius 3 is 2.89 bits per heavy atom. The van der Waals surface area contributed by atoms with Gasteiger partial charge in [-0.25, -0.2) is 15.3 Å². The fourth-order valence-corrected chi connectivity index (χ4v) is 2.03. The number of anilines is 1. The summed E-state index contributed by atoms with van der Waals surface area (Å²) in [6.45, 7) is 2.07. The van der Waals surface area contributed by atoms with Crippen molar-refractivity contribution in [2.24, 2.45) is 5.10 Å². The number of nitro benzene ring substituents is 1. The van der Waals surface area contributed by atoms with Gasteiger partial charge in [0.15, 0.2) is 5.75 Å². The summed E-state index contributed by atoms with van der Waals surface area (Å²) in [7, 11) is 0. The smallest absolute Gasteiger partial charge is 0.342 e. The maximum atomic E-state index is 11.7. The predicted octanol–water partition coefficient (Wildman–Crippen LogP) is -0.283. The molecule has 13 heteroatoms. The van der Waals surface area contributed by atoms with Crippen LogP contribution in [0.25, 0.3) is 0 Å². The van der Waals surface area contributed by atoms with Crippen LogP contribution >= 0.6 is 0 Å². The molecule has 0 aliphatic rings. The van der Waals surface area contributed by atoms with Crippen LogP contribution in [0.1, 0.15) is 18.9 Å². The van der Waals surface area contributed by atoms with Crippen molar-refractivity contribution in [3.63, 3.8) is 0 Å². The molecule has 1 aromatic heterocycles. The number of aromatic nitrogens is 3. The highest BCUT2D eigenvalue weighted by Crippen LogP contribution is 2.27. The number of nitro groups is 1. The molecule has 0 aliphatic carbocycles. The SMILES string of the molecule is CCOc1ccc(/C=N/NC(=O)CCNc2n[nH]c(=O)[nH]c2=O)cc1[N+](=O)[O-]. The van der Waals surface area contributed by atoms with Gasteiger partial charge in [0, 0.05) is 24.6 Å². The Kier molecular flexibility index (Phi) is 6.96. The Balaban J connectivity index is 1.87. The molecule has 0 fully saturated rings. The summed E-state index contributed by atoms with van der Waals surface area (Å²) in [5.74, 6) is -0.451. The van der Waals surface area contributed by atoms with E-state index < -0.39 is 22.1 Å². The number of carbonyl (C=O) groups is 1.